The first-order valence-electron chi connectivity index (χ1n) is 10.1. The van der Waals surface area contributed by atoms with Crippen LogP contribution in [0.1, 0.15) is 55.5 Å². The first-order valence-corrected chi connectivity index (χ1v) is 10.1. The highest BCUT2D eigenvalue weighted by Crippen LogP contribution is 2.50. The number of ether oxygens (including phenoxy) is 3. The van der Waals surface area contributed by atoms with E-state index in [0.717, 1.165) is 30.9 Å². The average Bonchev–Trinajstić information content (AvgIpc) is 2.69. The van der Waals surface area contributed by atoms with Gasteiger partial charge in [-0.3, -0.25) is 0 Å². The van der Waals surface area contributed by atoms with E-state index in [1.54, 1.807) is 0 Å². The molecule has 3 atom stereocenters. The molecule has 0 aliphatic carbocycles. The molecule has 4 heteroatoms. The van der Waals surface area contributed by atoms with E-state index in [9.17, 15) is 0 Å². The fourth-order valence-electron chi connectivity index (χ4n) is 4.38. The maximum atomic E-state index is 6.26. The van der Waals surface area contributed by atoms with Crippen molar-refractivity contribution in [3.8, 4) is 11.5 Å². The molecule has 2 aliphatic rings. The second-order valence-electron chi connectivity index (χ2n) is 7.38. The third-order valence-corrected chi connectivity index (χ3v) is 5.55. The highest BCUT2D eigenvalue weighted by atomic mass is 16.5. The molecule has 27 heavy (non-hydrogen) atoms. The molecule has 2 aliphatic heterocycles. The van der Waals surface area contributed by atoms with Crippen LogP contribution in [0, 0.1) is 12.8 Å². The van der Waals surface area contributed by atoms with Crippen molar-refractivity contribution in [1.82, 2.24) is 0 Å². The van der Waals surface area contributed by atoms with Crippen LogP contribution in [0.2, 0.25) is 0 Å². The summed E-state index contributed by atoms with van der Waals surface area (Å²) in [4.78, 5) is 0. The van der Waals surface area contributed by atoms with Gasteiger partial charge in [0.25, 0.3) is 0 Å². The number of hydrogen-bond acceptors (Lipinski definition) is 4. The van der Waals surface area contributed by atoms with Crippen LogP contribution in [0.15, 0.2) is 36.4 Å². The second kappa shape index (κ2) is 7.81. The number of fused-ring (bicyclic) bond motifs is 3. The zero-order valence-electron chi connectivity index (χ0n) is 16.5. The van der Waals surface area contributed by atoms with Crippen molar-refractivity contribution in [1.29, 1.82) is 0 Å². The molecule has 2 aromatic carbocycles. The zero-order valence-corrected chi connectivity index (χ0v) is 16.5. The van der Waals surface area contributed by atoms with Crippen molar-refractivity contribution in [3.05, 3.63) is 53.1 Å². The standard InChI is InChI=1S/C23H29NO3/c1-4-25-20-11-9-16(14-21(20)26-5-2)22-17-7-6-12-27-23(17)18-13-15(3)8-10-19(18)24-22/h8-11,13-14,17,22-24H,4-7,12H2,1-3H3/t17-,22-,23-/m0/s1. The molecule has 1 fully saturated rings. The van der Waals surface area contributed by atoms with Crippen molar-refractivity contribution >= 4 is 5.69 Å². The van der Waals surface area contributed by atoms with Crippen LogP contribution in [0.25, 0.3) is 0 Å². The Kier molecular flexibility index (Phi) is 5.26. The predicted molar refractivity (Wildman–Crippen MR) is 108 cm³/mol. The molecular formula is C23H29NO3. The largest absolute Gasteiger partial charge is 0.490 e. The number of benzene rings is 2. The van der Waals surface area contributed by atoms with Crippen molar-refractivity contribution in [2.75, 3.05) is 25.1 Å². The molecular weight excluding hydrogens is 338 g/mol. The fraction of sp³-hybridized carbons (Fsp3) is 0.478. The zero-order chi connectivity index (χ0) is 18.8. The van der Waals surface area contributed by atoms with Crippen molar-refractivity contribution in [2.24, 2.45) is 5.92 Å². The van der Waals surface area contributed by atoms with Gasteiger partial charge in [0.2, 0.25) is 0 Å². The Morgan fingerprint density at radius 1 is 1.04 bits per heavy atom. The maximum absolute atomic E-state index is 6.26. The van der Waals surface area contributed by atoms with Gasteiger partial charge >= 0.3 is 0 Å². The minimum atomic E-state index is 0.155. The van der Waals surface area contributed by atoms with Gasteiger partial charge in [-0.2, -0.15) is 0 Å². The Balaban J connectivity index is 1.72. The molecule has 0 unspecified atom stereocenters. The van der Waals surface area contributed by atoms with Crippen molar-refractivity contribution < 1.29 is 14.2 Å². The second-order valence-corrected chi connectivity index (χ2v) is 7.38. The van der Waals surface area contributed by atoms with E-state index in [2.05, 4.69) is 42.6 Å². The summed E-state index contributed by atoms with van der Waals surface area (Å²) in [5.41, 5.74) is 4.99. The molecule has 2 heterocycles. The molecule has 0 radical (unpaired) electrons. The summed E-state index contributed by atoms with van der Waals surface area (Å²) >= 11 is 0. The number of rotatable bonds is 5. The topological polar surface area (TPSA) is 39.7 Å². The molecule has 1 N–H and O–H groups in total. The third kappa shape index (κ3) is 3.51. The summed E-state index contributed by atoms with van der Waals surface area (Å²) < 4.78 is 17.9. The Labute approximate surface area is 161 Å². The first-order chi connectivity index (χ1) is 13.2. The average molecular weight is 367 g/mol. The molecule has 2 aromatic rings. The molecule has 0 aromatic heterocycles. The summed E-state index contributed by atoms with van der Waals surface area (Å²) in [6, 6.07) is 13.2. The minimum Gasteiger partial charge on any atom is -0.490 e. The normalized spacial score (nSPS) is 23.7. The van der Waals surface area contributed by atoms with Gasteiger partial charge in [0.15, 0.2) is 11.5 Å². The Morgan fingerprint density at radius 3 is 2.67 bits per heavy atom. The van der Waals surface area contributed by atoms with E-state index < -0.39 is 0 Å². The van der Waals surface area contributed by atoms with Gasteiger partial charge in [0.05, 0.1) is 25.4 Å². The summed E-state index contributed by atoms with van der Waals surface area (Å²) in [6.07, 6.45) is 2.42. The van der Waals surface area contributed by atoms with E-state index in [4.69, 9.17) is 14.2 Å². The quantitative estimate of drug-likeness (QED) is 0.765. The number of nitrogens with one attached hydrogen (secondary N) is 1. The SMILES string of the molecule is CCOc1ccc([C@@H]2Nc3ccc(C)cc3[C@H]3OCCC[C@H]32)cc1OCC. The van der Waals surface area contributed by atoms with Crippen LogP contribution < -0.4 is 14.8 Å². The van der Waals surface area contributed by atoms with Crippen LogP contribution in [0.4, 0.5) is 5.69 Å². The Bertz CT molecular complexity index is 804. The van der Waals surface area contributed by atoms with Gasteiger partial charge < -0.3 is 19.5 Å². The fourth-order valence-corrected chi connectivity index (χ4v) is 4.38. The summed E-state index contributed by atoms with van der Waals surface area (Å²) in [6.45, 7) is 8.24. The third-order valence-electron chi connectivity index (χ3n) is 5.55. The van der Waals surface area contributed by atoms with E-state index >= 15 is 0 Å². The molecule has 4 rings (SSSR count). The van der Waals surface area contributed by atoms with Gasteiger partial charge in [-0.15, -0.1) is 0 Å². The summed E-state index contributed by atoms with van der Waals surface area (Å²) in [5, 5.41) is 3.78. The smallest absolute Gasteiger partial charge is 0.161 e. The van der Waals surface area contributed by atoms with Gasteiger partial charge in [0, 0.05) is 23.8 Å². The molecule has 0 spiro atoms. The Hall–Kier alpha value is -2.20. The van der Waals surface area contributed by atoms with E-state index in [0.29, 0.717) is 19.1 Å². The maximum Gasteiger partial charge on any atom is 0.161 e. The summed E-state index contributed by atoms with van der Waals surface area (Å²) in [5.74, 6) is 2.05. The van der Waals surface area contributed by atoms with E-state index in [1.165, 1.54) is 22.4 Å². The lowest BCUT2D eigenvalue weighted by Crippen LogP contribution is -2.36. The number of anilines is 1. The summed E-state index contributed by atoms with van der Waals surface area (Å²) in [7, 11) is 0. The number of hydrogen-bond donors (Lipinski definition) is 1. The van der Waals surface area contributed by atoms with E-state index in [-0.39, 0.29) is 12.1 Å². The highest BCUT2D eigenvalue weighted by molar-refractivity contribution is 5.59. The molecule has 144 valence electrons. The van der Waals surface area contributed by atoms with Crippen molar-refractivity contribution in [2.45, 2.75) is 45.8 Å². The lowest BCUT2D eigenvalue weighted by molar-refractivity contribution is -0.0381. The lowest BCUT2D eigenvalue weighted by atomic mass is 9.77. The Morgan fingerprint density at radius 2 is 1.85 bits per heavy atom. The van der Waals surface area contributed by atoms with Crippen LogP contribution in [0.3, 0.4) is 0 Å². The van der Waals surface area contributed by atoms with Crippen LogP contribution >= 0.6 is 0 Å². The van der Waals surface area contributed by atoms with Crippen LogP contribution in [0.5, 0.6) is 11.5 Å². The monoisotopic (exact) mass is 367 g/mol. The van der Waals surface area contributed by atoms with Gasteiger partial charge in [0.1, 0.15) is 0 Å². The minimum absolute atomic E-state index is 0.155. The van der Waals surface area contributed by atoms with Crippen LogP contribution in [-0.4, -0.2) is 19.8 Å². The lowest BCUT2D eigenvalue weighted by Gasteiger charge is -2.43. The molecule has 0 amide bonds. The van der Waals surface area contributed by atoms with E-state index in [1.807, 2.05) is 19.9 Å². The molecule has 0 bridgehead atoms. The number of aryl methyl sites for hydroxylation is 1. The molecule has 4 nitrogen and oxygen atoms in total. The molecule has 0 saturated carbocycles. The van der Waals surface area contributed by atoms with Crippen LogP contribution in [-0.2, 0) is 4.74 Å². The molecule has 1 saturated heterocycles. The first kappa shape index (κ1) is 18.2. The van der Waals surface area contributed by atoms with Crippen molar-refractivity contribution in [3.63, 3.8) is 0 Å². The highest BCUT2D eigenvalue weighted by Gasteiger charge is 2.40. The predicted octanol–water partition coefficient (Wildman–Crippen LogP) is 5.43. The van der Waals surface area contributed by atoms with Gasteiger partial charge in [-0.05, 0) is 57.4 Å². The van der Waals surface area contributed by atoms with Gasteiger partial charge in [-0.1, -0.05) is 23.8 Å². The van der Waals surface area contributed by atoms with Gasteiger partial charge in [-0.25, -0.2) is 0 Å².